The summed E-state index contributed by atoms with van der Waals surface area (Å²) in [5.41, 5.74) is 2.32. The molecule has 0 radical (unpaired) electrons. The van der Waals surface area contributed by atoms with Crippen molar-refractivity contribution in [2.24, 2.45) is 0 Å². The molecule has 0 bridgehead atoms. The fraction of sp³-hybridized carbons (Fsp3) is 0.385. The first-order chi connectivity index (χ1) is 9.61. The average molecular weight is 275 g/mol. The SMILES string of the molecule is CCCNCc1cn(-c2ccc([N+](=O)[O-])c(C)c2)nn1. The molecule has 0 fully saturated rings. The van der Waals surface area contributed by atoms with Crippen LogP contribution in [-0.2, 0) is 6.54 Å². The van der Waals surface area contributed by atoms with Crippen LogP contribution in [-0.4, -0.2) is 26.5 Å². The van der Waals surface area contributed by atoms with Gasteiger partial charge in [0.2, 0.25) is 0 Å². The Kier molecular flexibility index (Phi) is 4.41. The predicted octanol–water partition coefficient (Wildman–Crippen LogP) is 1.98. The topological polar surface area (TPSA) is 85.9 Å². The molecule has 7 heteroatoms. The molecule has 0 atom stereocenters. The van der Waals surface area contributed by atoms with Gasteiger partial charge in [0.15, 0.2) is 0 Å². The maximum atomic E-state index is 10.8. The van der Waals surface area contributed by atoms with Crippen molar-refractivity contribution in [1.29, 1.82) is 0 Å². The van der Waals surface area contributed by atoms with Gasteiger partial charge >= 0.3 is 0 Å². The van der Waals surface area contributed by atoms with Crippen LogP contribution in [0.25, 0.3) is 5.69 Å². The number of hydrogen-bond donors (Lipinski definition) is 1. The molecule has 0 aliphatic carbocycles. The number of rotatable bonds is 6. The first kappa shape index (κ1) is 14.1. The molecule has 2 rings (SSSR count). The number of nitrogens with zero attached hydrogens (tertiary/aromatic N) is 4. The van der Waals surface area contributed by atoms with E-state index in [4.69, 9.17) is 0 Å². The van der Waals surface area contributed by atoms with E-state index in [2.05, 4.69) is 22.6 Å². The summed E-state index contributed by atoms with van der Waals surface area (Å²) in [5, 5.41) is 22.1. The Balaban J connectivity index is 2.15. The van der Waals surface area contributed by atoms with E-state index in [1.165, 1.54) is 6.07 Å². The van der Waals surface area contributed by atoms with Crippen LogP contribution in [0.3, 0.4) is 0 Å². The summed E-state index contributed by atoms with van der Waals surface area (Å²) in [5.74, 6) is 0. The molecule has 7 nitrogen and oxygen atoms in total. The second kappa shape index (κ2) is 6.25. The Morgan fingerprint density at radius 2 is 2.25 bits per heavy atom. The summed E-state index contributed by atoms with van der Waals surface area (Å²) in [7, 11) is 0. The van der Waals surface area contributed by atoms with E-state index in [0.29, 0.717) is 12.1 Å². The van der Waals surface area contributed by atoms with E-state index in [1.54, 1.807) is 23.7 Å². The molecule has 0 aliphatic heterocycles. The van der Waals surface area contributed by atoms with Crippen LogP contribution in [0.4, 0.5) is 5.69 Å². The van der Waals surface area contributed by atoms with Crippen LogP contribution in [0.5, 0.6) is 0 Å². The summed E-state index contributed by atoms with van der Waals surface area (Å²) in [6.07, 6.45) is 2.89. The van der Waals surface area contributed by atoms with Gasteiger partial charge in [-0.05, 0) is 32.0 Å². The fourth-order valence-corrected chi connectivity index (χ4v) is 1.89. The van der Waals surface area contributed by atoms with Gasteiger partial charge in [0, 0.05) is 18.2 Å². The molecule has 0 spiro atoms. The molecular weight excluding hydrogens is 258 g/mol. The second-order valence-corrected chi connectivity index (χ2v) is 4.56. The molecule has 1 aromatic heterocycles. The third-order valence-electron chi connectivity index (χ3n) is 2.92. The Morgan fingerprint density at radius 1 is 1.45 bits per heavy atom. The minimum absolute atomic E-state index is 0.110. The van der Waals surface area contributed by atoms with Gasteiger partial charge in [0.25, 0.3) is 5.69 Å². The van der Waals surface area contributed by atoms with Gasteiger partial charge < -0.3 is 5.32 Å². The normalized spacial score (nSPS) is 10.7. The zero-order chi connectivity index (χ0) is 14.5. The number of aromatic nitrogens is 3. The summed E-state index contributed by atoms with van der Waals surface area (Å²) in [6, 6.07) is 4.89. The maximum Gasteiger partial charge on any atom is 0.272 e. The molecule has 0 saturated carbocycles. The van der Waals surface area contributed by atoms with Gasteiger partial charge in [-0.3, -0.25) is 10.1 Å². The number of aryl methyl sites for hydroxylation is 1. The molecule has 0 amide bonds. The Bertz CT molecular complexity index is 609. The van der Waals surface area contributed by atoms with Crippen LogP contribution in [0, 0.1) is 17.0 Å². The van der Waals surface area contributed by atoms with E-state index in [-0.39, 0.29) is 10.6 Å². The molecule has 106 valence electrons. The first-order valence-corrected chi connectivity index (χ1v) is 6.49. The lowest BCUT2D eigenvalue weighted by Crippen LogP contribution is -2.13. The highest BCUT2D eigenvalue weighted by Crippen LogP contribution is 2.20. The highest BCUT2D eigenvalue weighted by Gasteiger charge is 2.11. The highest BCUT2D eigenvalue weighted by molar-refractivity contribution is 5.47. The zero-order valence-electron chi connectivity index (χ0n) is 11.5. The standard InChI is InChI=1S/C13H17N5O2/c1-3-6-14-8-11-9-17(16-15-11)12-4-5-13(18(19)20)10(2)7-12/h4-5,7,9,14H,3,6,8H2,1-2H3. The minimum Gasteiger partial charge on any atom is -0.311 e. The molecule has 0 saturated heterocycles. The van der Waals surface area contributed by atoms with Crippen molar-refractivity contribution in [2.45, 2.75) is 26.8 Å². The minimum atomic E-state index is -0.388. The summed E-state index contributed by atoms with van der Waals surface area (Å²) in [6.45, 7) is 5.41. The lowest BCUT2D eigenvalue weighted by Gasteiger charge is -2.02. The van der Waals surface area contributed by atoms with Crippen LogP contribution in [0.2, 0.25) is 0 Å². The number of nitro benzene ring substituents is 1. The summed E-state index contributed by atoms with van der Waals surface area (Å²) >= 11 is 0. The largest absolute Gasteiger partial charge is 0.311 e. The lowest BCUT2D eigenvalue weighted by atomic mass is 10.2. The third-order valence-corrected chi connectivity index (χ3v) is 2.92. The van der Waals surface area contributed by atoms with Gasteiger partial charge in [-0.15, -0.1) is 5.10 Å². The van der Waals surface area contributed by atoms with Gasteiger partial charge in [-0.25, -0.2) is 4.68 Å². The second-order valence-electron chi connectivity index (χ2n) is 4.56. The summed E-state index contributed by atoms with van der Waals surface area (Å²) < 4.78 is 1.62. The van der Waals surface area contributed by atoms with Gasteiger partial charge in [-0.2, -0.15) is 0 Å². The molecule has 0 unspecified atom stereocenters. The van der Waals surface area contributed by atoms with Crippen molar-refractivity contribution in [2.75, 3.05) is 6.54 Å². The Labute approximate surface area is 116 Å². The molecule has 1 heterocycles. The van der Waals surface area contributed by atoms with Gasteiger partial charge in [-0.1, -0.05) is 12.1 Å². The predicted molar refractivity (Wildman–Crippen MR) is 74.7 cm³/mol. The van der Waals surface area contributed by atoms with Crippen molar-refractivity contribution in [3.05, 3.63) is 45.8 Å². The lowest BCUT2D eigenvalue weighted by molar-refractivity contribution is -0.385. The fourth-order valence-electron chi connectivity index (χ4n) is 1.89. The van der Waals surface area contributed by atoms with Crippen molar-refractivity contribution in [3.8, 4) is 5.69 Å². The molecular formula is C13H17N5O2. The monoisotopic (exact) mass is 275 g/mol. The zero-order valence-corrected chi connectivity index (χ0v) is 11.5. The van der Waals surface area contributed by atoms with Crippen molar-refractivity contribution < 1.29 is 4.92 Å². The number of hydrogen-bond acceptors (Lipinski definition) is 5. The smallest absolute Gasteiger partial charge is 0.272 e. The Hall–Kier alpha value is -2.28. The van der Waals surface area contributed by atoms with E-state index in [0.717, 1.165) is 24.3 Å². The van der Waals surface area contributed by atoms with E-state index in [9.17, 15) is 10.1 Å². The number of nitrogens with one attached hydrogen (secondary N) is 1. The summed E-state index contributed by atoms with van der Waals surface area (Å²) in [4.78, 5) is 10.4. The highest BCUT2D eigenvalue weighted by atomic mass is 16.6. The van der Waals surface area contributed by atoms with E-state index >= 15 is 0 Å². The van der Waals surface area contributed by atoms with E-state index < -0.39 is 0 Å². The van der Waals surface area contributed by atoms with Crippen LogP contribution in [0.1, 0.15) is 24.6 Å². The van der Waals surface area contributed by atoms with Crippen LogP contribution in [0.15, 0.2) is 24.4 Å². The van der Waals surface area contributed by atoms with Crippen molar-refractivity contribution >= 4 is 5.69 Å². The molecule has 0 aliphatic rings. The average Bonchev–Trinajstić information content (AvgIpc) is 2.87. The quantitative estimate of drug-likeness (QED) is 0.495. The van der Waals surface area contributed by atoms with E-state index in [1.807, 2.05) is 6.20 Å². The first-order valence-electron chi connectivity index (χ1n) is 6.49. The molecule has 20 heavy (non-hydrogen) atoms. The third kappa shape index (κ3) is 3.18. The number of nitro groups is 1. The van der Waals surface area contributed by atoms with Gasteiger partial charge in [0.1, 0.15) is 0 Å². The Morgan fingerprint density at radius 3 is 2.90 bits per heavy atom. The van der Waals surface area contributed by atoms with Crippen LogP contribution < -0.4 is 5.32 Å². The van der Waals surface area contributed by atoms with Crippen LogP contribution >= 0.6 is 0 Å². The molecule has 1 aromatic carbocycles. The molecule has 1 N–H and O–H groups in total. The van der Waals surface area contributed by atoms with Gasteiger partial charge in [0.05, 0.1) is 22.5 Å². The maximum absolute atomic E-state index is 10.8. The number of benzene rings is 1. The van der Waals surface area contributed by atoms with Crippen molar-refractivity contribution in [3.63, 3.8) is 0 Å². The van der Waals surface area contributed by atoms with Crippen molar-refractivity contribution in [1.82, 2.24) is 20.3 Å². The molecule has 2 aromatic rings.